The maximum Gasteiger partial charge on any atom is 0.434 e. The van der Waals surface area contributed by atoms with Crippen molar-refractivity contribution in [3.8, 4) is 11.1 Å². The highest BCUT2D eigenvalue weighted by Crippen LogP contribution is 2.46. The first-order valence-electron chi connectivity index (χ1n) is 13.9. The molecule has 1 atom stereocenters. The lowest BCUT2D eigenvalue weighted by molar-refractivity contribution is -0.137. The Morgan fingerprint density at radius 2 is 1.71 bits per heavy atom. The van der Waals surface area contributed by atoms with Crippen LogP contribution >= 0.6 is 0 Å². The second kappa shape index (κ2) is 11.6. The molecule has 7 nitrogen and oxygen atoms in total. The van der Waals surface area contributed by atoms with Crippen LogP contribution in [0.3, 0.4) is 0 Å². The number of halogens is 6. The van der Waals surface area contributed by atoms with Gasteiger partial charge in [-0.1, -0.05) is 18.2 Å². The standard InChI is InChI=1S/C32H28F6N4O3/c1-17-12-20(6-9-26(17)34)31(2,19-4-5-19)40-28(43)24-14-18(16-42-11-10-41(3)29(42)39-30(44)45)13-23(27(24)35)22-8-7-21(33)15-25(22)32(36,37)38/h6-15,19H,4-5,16H2,1-3H3,(H,40,43)(H,44,45)/t31-/m0/s1. The van der Waals surface area contributed by atoms with E-state index in [-0.39, 0.29) is 29.7 Å². The molecule has 0 saturated heterocycles. The maximum absolute atomic E-state index is 16.3. The molecule has 2 N–H and O–H groups in total. The van der Waals surface area contributed by atoms with Gasteiger partial charge in [-0.3, -0.25) is 4.79 Å². The van der Waals surface area contributed by atoms with Gasteiger partial charge in [-0.15, -0.1) is 4.99 Å². The summed E-state index contributed by atoms with van der Waals surface area (Å²) in [6.45, 7) is 3.08. The van der Waals surface area contributed by atoms with Crippen LogP contribution in [0.2, 0.25) is 0 Å². The van der Waals surface area contributed by atoms with Gasteiger partial charge in [-0.05, 0) is 85.2 Å². The molecule has 0 aliphatic heterocycles. The maximum atomic E-state index is 16.3. The first-order valence-corrected chi connectivity index (χ1v) is 13.9. The Morgan fingerprint density at radius 1 is 1.00 bits per heavy atom. The second-order valence-electron chi connectivity index (χ2n) is 11.3. The van der Waals surface area contributed by atoms with E-state index in [9.17, 15) is 36.6 Å². The number of hydrogen-bond acceptors (Lipinski definition) is 2. The normalized spacial score (nSPS) is 15.2. The molecule has 1 saturated carbocycles. The predicted octanol–water partition coefficient (Wildman–Crippen LogP) is 6.92. The second-order valence-corrected chi connectivity index (χ2v) is 11.3. The van der Waals surface area contributed by atoms with Crippen molar-refractivity contribution in [2.75, 3.05) is 0 Å². The first-order chi connectivity index (χ1) is 21.1. The van der Waals surface area contributed by atoms with Crippen LogP contribution in [0.4, 0.5) is 31.1 Å². The molecule has 0 unspecified atom stereocenters. The minimum Gasteiger partial charge on any atom is -0.463 e. The minimum atomic E-state index is -5.06. The van der Waals surface area contributed by atoms with Gasteiger partial charge in [0.15, 0.2) is 0 Å². The highest BCUT2D eigenvalue weighted by molar-refractivity contribution is 5.97. The van der Waals surface area contributed by atoms with Crippen LogP contribution in [-0.4, -0.2) is 26.2 Å². The van der Waals surface area contributed by atoms with Gasteiger partial charge >= 0.3 is 12.3 Å². The number of nitrogens with zero attached hydrogens (tertiary/aromatic N) is 3. The summed E-state index contributed by atoms with van der Waals surface area (Å²) in [7, 11) is 1.53. The SMILES string of the molecule is Cc1cc([C@@](C)(NC(=O)c2cc(Cn3ccn(C)c3=NC(=O)O)cc(-c3ccc(F)cc3C(F)(F)F)c2F)C2CC2)ccc1F. The monoisotopic (exact) mass is 630 g/mol. The average Bonchev–Trinajstić information content (AvgIpc) is 3.77. The summed E-state index contributed by atoms with van der Waals surface area (Å²) in [5.74, 6) is -3.90. The number of rotatable bonds is 7. The van der Waals surface area contributed by atoms with E-state index in [1.165, 1.54) is 46.8 Å². The predicted molar refractivity (Wildman–Crippen MR) is 152 cm³/mol. The van der Waals surface area contributed by atoms with E-state index >= 15 is 4.39 Å². The molecule has 1 heterocycles. The van der Waals surface area contributed by atoms with Crippen LogP contribution in [-0.2, 0) is 25.3 Å². The fraction of sp³-hybridized carbons (Fsp3) is 0.281. The summed E-state index contributed by atoms with van der Waals surface area (Å²) < 4.78 is 89.1. The number of alkyl halides is 3. The lowest BCUT2D eigenvalue weighted by atomic mass is 9.85. The van der Waals surface area contributed by atoms with Crippen molar-refractivity contribution in [2.45, 2.75) is 44.9 Å². The number of aryl methyl sites for hydroxylation is 2. The molecule has 1 aliphatic rings. The lowest BCUT2D eigenvalue weighted by Crippen LogP contribution is -2.45. The molecule has 0 bridgehead atoms. The van der Waals surface area contributed by atoms with Crippen molar-refractivity contribution >= 4 is 12.0 Å². The fourth-order valence-corrected chi connectivity index (χ4v) is 5.53. The topological polar surface area (TPSA) is 88.6 Å². The van der Waals surface area contributed by atoms with Crippen molar-refractivity contribution < 1.29 is 41.0 Å². The molecule has 13 heteroatoms. The summed E-state index contributed by atoms with van der Waals surface area (Å²) >= 11 is 0. The molecular weight excluding hydrogens is 602 g/mol. The van der Waals surface area contributed by atoms with Gasteiger partial charge in [0.05, 0.1) is 23.2 Å². The van der Waals surface area contributed by atoms with Crippen molar-refractivity contribution in [1.29, 1.82) is 0 Å². The van der Waals surface area contributed by atoms with E-state index in [0.717, 1.165) is 31.0 Å². The number of aromatic nitrogens is 2. The molecule has 45 heavy (non-hydrogen) atoms. The summed E-state index contributed by atoms with van der Waals surface area (Å²) in [6.07, 6.45) is -2.15. The summed E-state index contributed by atoms with van der Waals surface area (Å²) in [5, 5.41) is 12.1. The molecule has 1 fully saturated rings. The summed E-state index contributed by atoms with van der Waals surface area (Å²) in [5.41, 5.74) is -3.37. The molecule has 4 aromatic rings. The highest BCUT2D eigenvalue weighted by Gasteiger charge is 2.44. The summed E-state index contributed by atoms with van der Waals surface area (Å²) in [4.78, 5) is 28.7. The molecule has 2 amide bonds. The Kier molecular flexibility index (Phi) is 8.15. The van der Waals surface area contributed by atoms with Gasteiger partial charge in [0, 0.05) is 25.0 Å². The number of nitrogens with one attached hydrogen (secondary N) is 1. The van der Waals surface area contributed by atoms with Gasteiger partial charge in [-0.25, -0.2) is 18.0 Å². The van der Waals surface area contributed by atoms with Crippen LogP contribution in [0.25, 0.3) is 11.1 Å². The van der Waals surface area contributed by atoms with E-state index < -0.39 is 63.4 Å². The van der Waals surface area contributed by atoms with E-state index in [1.54, 1.807) is 19.9 Å². The quantitative estimate of drug-likeness (QED) is 0.217. The zero-order valence-corrected chi connectivity index (χ0v) is 24.3. The number of hydrogen-bond donors (Lipinski definition) is 2. The van der Waals surface area contributed by atoms with Gasteiger partial charge in [0.1, 0.15) is 17.5 Å². The molecule has 1 aromatic heterocycles. The number of carbonyl (C=O) groups is 2. The van der Waals surface area contributed by atoms with Gasteiger partial charge in [-0.2, -0.15) is 13.2 Å². The van der Waals surface area contributed by atoms with Gasteiger partial charge in [0.25, 0.3) is 5.91 Å². The van der Waals surface area contributed by atoms with Crippen molar-refractivity contribution in [3.63, 3.8) is 0 Å². The Bertz CT molecular complexity index is 1890. The Labute approximate surface area is 253 Å². The molecule has 3 aromatic carbocycles. The van der Waals surface area contributed by atoms with E-state index in [4.69, 9.17) is 0 Å². The zero-order valence-electron chi connectivity index (χ0n) is 24.3. The third-order valence-electron chi connectivity index (χ3n) is 8.07. The van der Waals surface area contributed by atoms with E-state index in [0.29, 0.717) is 11.1 Å². The lowest BCUT2D eigenvalue weighted by Gasteiger charge is -2.32. The Balaban J connectivity index is 1.67. The van der Waals surface area contributed by atoms with E-state index in [1.807, 2.05) is 0 Å². The summed E-state index contributed by atoms with van der Waals surface area (Å²) in [6, 6.07) is 8.43. The molecule has 5 rings (SSSR count). The Hall–Kier alpha value is -4.81. The largest absolute Gasteiger partial charge is 0.463 e. The smallest absolute Gasteiger partial charge is 0.434 e. The minimum absolute atomic E-state index is 0.0369. The molecular formula is C32H28F6N4O3. The fourth-order valence-electron chi connectivity index (χ4n) is 5.53. The van der Waals surface area contributed by atoms with Crippen LogP contribution in [0, 0.1) is 30.3 Å². The zero-order chi connectivity index (χ0) is 32.8. The molecule has 1 aliphatic carbocycles. The van der Waals surface area contributed by atoms with Crippen LogP contribution < -0.4 is 10.9 Å². The number of imidazole rings is 1. The molecule has 236 valence electrons. The Morgan fingerprint density at radius 3 is 2.33 bits per heavy atom. The number of carbonyl (C=O) groups excluding carboxylic acids is 1. The number of amides is 2. The number of benzene rings is 3. The van der Waals surface area contributed by atoms with Gasteiger partial charge in [0.2, 0.25) is 5.62 Å². The van der Waals surface area contributed by atoms with Crippen LogP contribution in [0.5, 0.6) is 0 Å². The van der Waals surface area contributed by atoms with Crippen molar-refractivity contribution in [3.05, 3.63) is 112 Å². The first kappa shape index (κ1) is 31.6. The van der Waals surface area contributed by atoms with Crippen molar-refractivity contribution in [1.82, 2.24) is 14.5 Å². The van der Waals surface area contributed by atoms with Gasteiger partial charge < -0.3 is 19.6 Å². The molecule has 0 radical (unpaired) electrons. The van der Waals surface area contributed by atoms with Crippen LogP contribution in [0.15, 0.2) is 65.9 Å². The third-order valence-corrected chi connectivity index (χ3v) is 8.07. The van der Waals surface area contributed by atoms with Crippen LogP contribution in [0.1, 0.15) is 52.4 Å². The number of carboxylic acid groups (broad SMARTS) is 1. The highest BCUT2D eigenvalue weighted by atomic mass is 19.4. The molecule has 0 spiro atoms. The average molecular weight is 631 g/mol. The third kappa shape index (κ3) is 6.38. The van der Waals surface area contributed by atoms with E-state index in [2.05, 4.69) is 10.3 Å². The van der Waals surface area contributed by atoms with Crippen molar-refractivity contribution in [2.24, 2.45) is 18.0 Å².